The third kappa shape index (κ3) is 5.00. The lowest BCUT2D eigenvalue weighted by molar-refractivity contribution is -0.123. The van der Waals surface area contributed by atoms with Crippen LogP contribution in [0.5, 0.6) is 5.75 Å². The van der Waals surface area contributed by atoms with Crippen LogP contribution in [0.2, 0.25) is 0 Å². The molecule has 2 amide bonds. The molecule has 2 aromatic rings. The smallest absolute Gasteiger partial charge is 0.315 e. The summed E-state index contributed by atoms with van der Waals surface area (Å²) in [5.74, 6) is -0.00990. The molecule has 3 rings (SSSR count). The average Bonchev–Trinajstić information content (AvgIpc) is 3.35. The number of rotatable bonds is 8. The minimum atomic E-state index is -0.476. The maximum atomic E-state index is 12.7. The normalized spacial score (nSPS) is 13.3. The highest BCUT2D eigenvalue weighted by atomic mass is 19.1. The van der Waals surface area contributed by atoms with Crippen LogP contribution in [0.15, 0.2) is 28.8 Å². The molecule has 25 heavy (non-hydrogen) atoms. The van der Waals surface area contributed by atoms with Gasteiger partial charge in [-0.05, 0) is 37.1 Å². The number of halogens is 1. The van der Waals surface area contributed by atoms with E-state index in [-0.39, 0.29) is 37.3 Å². The molecule has 1 saturated carbocycles. The van der Waals surface area contributed by atoms with Crippen molar-refractivity contribution >= 4 is 11.8 Å². The molecular weight excluding hydrogens is 331 g/mol. The predicted molar refractivity (Wildman–Crippen MR) is 83.5 cm³/mol. The molecule has 9 heteroatoms. The van der Waals surface area contributed by atoms with Gasteiger partial charge in [-0.25, -0.2) is 4.39 Å². The predicted octanol–water partition coefficient (Wildman–Crippen LogP) is 1.01. The van der Waals surface area contributed by atoms with Gasteiger partial charge in [0.1, 0.15) is 11.6 Å². The highest BCUT2D eigenvalue weighted by molar-refractivity contribution is 5.89. The summed E-state index contributed by atoms with van der Waals surface area (Å²) in [6.07, 6.45) is 2.04. The van der Waals surface area contributed by atoms with Crippen molar-refractivity contribution in [1.82, 2.24) is 20.8 Å². The number of hydrogen-bond donors (Lipinski definition) is 2. The summed E-state index contributed by atoms with van der Waals surface area (Å²) in [6, 6.07) is 5.36. The van der Waals surface area contributed by atoms with Crippen molar-refractivity contribution in [2.45, 2.75) is 18.8 Å². The van der Waals surface area contributed by atoms with Gasteiger partial charge in [-0.3, -0.25) is 9.59 Å². The van der Waals surface area contributed by atoms with Crippen molar-refractivity contribution < 1.29 is 23.2 Å². The van der Waals surface area contributed by atoms with Crippen molar-refractivity contribution in [3.63, 3.8) is 0 Å². The first-order valence-electron chi connectivity index (χ1n) is 7.88. The Morgan fingerprint density at radius 1 is 1.20 bits per heavy atom. The number of hydrogen-bond acceptors (Lipinski definition) is 6. The summed E-state index contributed by atoms with van der Waals surface area (Å²) in [4.78, 5) is 27.5. The molecule has 1 aliphatic rings. The van der Waals surface area contributed by atoms with Crippen molar-refractivity contribution in [2.75, 3.05) is 19.7 Å². The van der Waals surface area contributed by atoms with Gasteiger partial charge in [0.25, 0.3) is 5.91 Å². The van der Waals surface area contributed by atoms with E-state index in [1.807, 2.05) is 0 Å². The van der Waals surface area contributed by atoms with Gasteiger partial charge in [0.2, 0.25) is 0 Å². The molecule has 1 fully saturated rings. The first-order chi connectivity index (χ1) is 12.1. The summed E-state index contributed by atoms with van der Waals surface area (Å²) < 4.78 is 22.8. The fourth-order valence-electron chi connectivity index (χ4n) is 2.02. The molecule has 0 spiro atoms. The second-order valence-corrected chi connectivity index (χ2v) is 5.58. The topological polar surface area (TPSA) is 106 Å². The molecule has 0 radical (unpaired) electrons. The van der Waals surface area contributed by atoms with E-state index in [4.69, 9.17) is 9.26 Å². The molecule has 0 saturated heterocycles. The van der Waals surface area contributed by atoms with Gasteiger partial charge in [0.15, 0.2) is 12.4 Å². The Kier molecular flexibility index (Phi) is 5.22. The standard InChI is InChI=1S/C16H17FN4O4/c17-11-3-5-12(6-4-11)24-9-13(22)18-7-8-19-15(23)16-20-14(21-25-16)10-1-2-10/h3-6,10H,1-2,7-9H2,(H,18,22)(H,19,23). The number of benzene rings is 1. The van der Waals surface area contributed by atoms with Gasteiger partial charge < -0.3 is 19.9 Å². The van der Waals surface area contributed by atoms with E-state index in [0.717, 1.165) is 12.8 Å². The first-order valence-corrected chi connectivity index (χ1v) is 7.88. The van der Waals surface area contributed by atoms with E-state index in [9.17, 15) is 14.0 Å². The molecule has 132 valence electrons. The minimum absolute atomic E-state index is 0.0760. The van der Waals surface area contributed by atoms with Crippen molar-refractivity contribution in [2.24, 2.45) is 0 Å². The van der Waals surface area contributed by atoms with Gasteiger partial charge in [0.05, 0.1) is 0 Å². The van der Waals surface area contributed by atoms with Crippen LogP contribution in [0.1, 0.15) is 35.3 Å². The van der Waals surface area contributed by atoms with Crippen LogP contribution in [-0.4, -0.2) is 41.7 Å². The van der Waals surface area contributed by atoms with E-state index >= 15 is 0 Å². The molecule has 8 nitrogen and oxygen atoms in total. The fraction of sp³-hybridized carbons (Fsp3) is 0.375. The Balaban J connectivity index is 1.31. The van der Waals surface area contributed by atoms with Crippen LogP contribution < -0.4 is 15.4 Å². The second-order valence-electron chi connectivity index (χ2n) is 5.58. The van der Waals surface area contributed by atoms with Crippen LogP contribution in [0, 0.1) is 5.82 Å². The molecule has 0 bridgehead atoms. The Bertz CT molecular complexity index is 743. The van der Waals surface area contributed by atoms with Gasteiger partial charge >= 0.3 is 11.8 Å². The molecule has 0 unspecified atom stereocenters. The van der Waals surface area contributed by atoms with Gasteiger partial charge in [0, 0.05) is 19.0 Å². The SMILES string of the molecule is O=C(COc1ccc(F)cc1)NCCNC(=O)c1nc(C2CC2)no1. The Morgan fingerprint density at radius 3 is 2.64 bits per heavy atom. The molecule has 1 aliphatic carbocycles. The van der Waals surface area contributed by atoms with Gasteiger partial charge in [-0.15, -0.1) is 0 Å². The number of ether oxygens (including phenoxy) is 1. The van der Waals surface area contributed by atoms with Crippen LogP contribution in [0.25, 0.3) is 0 Å². The number of amides is 2. The quantitative estimate of drug-likeness (QED) is 0.690. The molecule has 2 N–H and O–H groups in total. The zero-order valence-corrected chi connectivity index (χ0v) is 13.3. The summed E-state index contributed by atoms with van der Waals surface area (Å²) in [5, 5.41) is 8.92. The largest absolute Gasteiger partial charge is 0.484 e. The molecule has 0 aliphatic heterocycles. The maximum Gasteiger partial charge on any atom is 0.315 e. The Hall–Kier alpha value is -2.97. The molecule has 0 atom stereocenters. The molecular formula is C16H17FN4O4. The Morgan fingerprint density at radius 2 is 1.92 bits per heavy atom. The number of nitrogens with zero attached hydrogens (tertiary/aromatic N) is 2. The lowest BCUT2D eigenvalue weighted by Gasteiger charge is -2.07. The van der Waals surface area contributed by atoms with Crippen molar-refractivity contribution in [1.29, 1.82) is 0 Å². The number of aromatic nitrogens is 2. The van der Waals surface area contributed by atoms with E-state index in [1.165, 1.54) is 24.3 Å². The van der Waals surface area contributed by atoms with Gasteiger partial charge in [-0.2, -0.15) is 4.98 Å². The van der Waals surface area contributed by atoms with E-state index < -0.39 is 5.91 Å². The highest BCUT2D eigenvalue weighted by Crippen LogP contribution is 2.37. The van der Waals surface area contributed by atoms with Crippen LogP contribution in [0.3, 0.4) is 0 Å². The van der Waals surface area contributed by atoms with Crippen molar-refractivity contribution in [3.05, 3.63) is 41.8 Å². The number of carbonyl (C=O) groups is 2. The lowest BCUT2D eigenvalue weighted by Crippen LogP contribution is -2.36. The van der Waals surface area contributed by atoms with E-state index in [1.54, 1.807) is 0 Å². The van der Waals surface area contributed by atoms with Crippen molar-refractivity contribution in [3.8, 4) is 5.75 Å². The van der Waals surface area contributed by atoms with E-state index in [2.05, 4.69) is 20.8 Å². The minimum Gasteiger partial charge on any atom is -0.484 e. The molecule has 1 aromatic carbocycles. The van der Waals surface area contributed by atoms with Crippen LogP contribution in [0.4, 0.5) is 4.39 Å². The molecule has 1 heterocycles. The molecule has 1 aromatic heterocycles. The van der Waals surface area contributed by atoms with E-state index in [0.29, 0.717) is 17.5 Å². The summed E-state index contributed by atoms with van der Waals surface area (Å²) in [6.45, 7) is 0.233. The first kappa shape index (κ1) is 16.9. The zero-order valence-electron chi connectivity index (χ0n) is 13.3. The number of carbonyl (C=O) groups excluding carboxylic acids is 2. The second kappa shape index (κ2) is 7.73. The monoisotopic (exact) mass is 348 g/mol. The highest BCUT2D eigenvalue weighted by Gasteiger charge is 2.29. The van der Waals surface area contributed by atoms with Gasteiger partial charge in [-0.1, -0.05) is 5.16 Å². The number of nitrogens with one attached hydrogen (secondary N) is 2. The average molecular weight is 348 g/mol. The van der Waals surface area contributed by atoms with Crippen LogP contribution >= 0.6 is 0 Å². The summed E-state index contributed by atoms with van der Waals surface area (Å²) in [7, 11) is 0. The summed E-state index contributed by atoms with van der Waals surface area (Å²) in [5.41, 5.74) is 0. The third-order valence-electron chi connectivity index (χ3n) is 3.49. The Labute approximate surface area is 142 Å². The van der Waals surface area contributed by atoms with Crippen LogP contribution in [-0.2, 0) is 4.79 Å². The zero-order chi connectivity index (χ0) is 17.6. The lowest BCUT2D eigenvalue weighted by atomic mass is 10.3. The fourth-order valence-corrected chi connectivity index (χ4v) is 2.02. The maximum absolute atomic E-state index is 12.7. The summed E-state index contributed by atoms with van der Waals surface area (Å²) >= 11 is 0. The third-order valence-corrected chi connectivity index (χ3v) is 3.49.